The molecule has 0 unspecified atom stereocenters. The van der Waals surface area contributed by atoms with E-state index in [9.17, 15) is 4.79 Å². The van der Waals surface area contributed by atoms with Crippen LogP contribution in [0.15, 0.2) is 6.07 Å². The molecule has 0 radical (unpaired) electrons. The van der Waals surface area contributed by atoms with Gasteiger partial charge in [0.05, 0.1) is 6.07 Å². The van der Waals surface area contributed by atoms with Gasteiger partial charge in [-0.3, -0.25) is 4.79 Å². The van der Waals surface area contributed by atoms with Crippen LogP contribution in [0.4, 0.5) is 0 Å². The summed E-state index contributed by atoms with van der Waals surface area (Å²) in [6.07, 6.45) is 0. The number of aromatic nitrogens is 1. The molecule has 0 saturated carbocycles. The van der Waals surface area contributed by atoms with Crippen LogP contribution in [0.2, 0.25) is 0 Å². The van der Waals surface area contributed by atoms with Gasteiger partial charge in [0, 0.05) is 4.88 Å². The zero-order valence-electron chi connectivity index (χ0n) is 7.37. The molecule has 0 aliphatic heterocycles. The molecule has 68 valence electrons. The van der Waals surface area contributed by atoms with Crippen molar-refractivity contribution in [2.75, 3.05) is 0 Å². The standard InChI is InChI=1S/C8H9N3OS/c1-5(4-9)10-8(12)7-3-6(2)13-11-7/h3,5H,1-2H3,(H,10,12)/t5-/m1/s1. The highest BCUT2D eigenvalue weighted by molar-refractivity contribution is 7.05. The van der Waals surface area contributed by atoms with Crippen LogP contribution in [-0.2, 0) is 0 Å². The normalized spacial score (nSPS) is 11.8. The van der Waals surface area contributed by atoms with Crippen LogP contribution >= 0.6 is 11.5 Å². The van der Waals surface area contributed by atoms with E-state index in [0.29, 0.717) is 5.69 Å². The van der Waals surface area contributed by atoms with Crippen molar-refractivity contribution in [1.29, 1.82) is 5.26 Å². The van der Waals surface area contributed by atoms with Gasteiger partial charge < -0.3 is 5.32 Å². The molecular weight excluding hydrogens is 186 g/mol. The van der Waals surface area contributed by atoms with Gasteiger partial charge >= 0.3 is 0 Å². The minimum Gasteiger partial charge on any atom is -0.335 e. The number of carbonyl (C=O) groups excluding carboxylic acids is 1. The average molecular weight is 195 g/mol. The number of rotatable bonds is 2. The lowest BCUT2D eigenvalue weighted by Gasteiger charge is -2.02. The Morgan fingerprint density at radius 1 is 1.85 bits per heavy atom. The van der Waals surface area contributed by atoms with Crippen LogP contribution in [0.1, 0.15) is 22.3 Å². The first kappa shape index (κ1) is 9.68. The van der Waals surface area contributed by atoms with Gasteiger partial charge in [-0.25, -0.2) is 0 Å². The molecule has 1 amide bonds. The Labute approximate surface area is 80.4 Å². The number of nitrogens with zero attached hydrogens (tertiary/aromatic N) is 2. The predicted octanol–water partition coefficient (Wildman–Crippen LogP) is 1.09. The van der Waals surface area contributed by atoms with E-state index in [4.69, 9.17) is 5.26 Å². The van der Waals surface area contributed by atoms with E-state index < -0.39 is 6.04 Å². The van der Waals surface area contributed by atoms with Crippen LogP contribution in [0.25, 0.3) is 0 Å². The maximum atomic E-state index is 11.3. The van der Waals surface area contributed by atoms with E-state index in [1.54, 1.807) is 13.0 Å². The molecule has 0 aromatic carbocycles. The fourth-order valence-corrected chi connectivity index (χ4v) is 1.32. The van der Waals surface area contributed by atoms with Crippen molar-refractivity contribution in [3.63, 3.8) is 0 Å². The lowest BCUT2D eigenvalue weighted by molar-refractivity contribution is 0.0944. The van der Waals surface area contributed by atoms with E-state index in [2.05, 4.69) is 9.69 Å². The minimum absolute atomic E-state index is 0.293. The maximum Gasteiger partial charge on any atom is 0.272 e. The van der Waals surface area contributed by atoms with Crippen LogP contribution in [0, 0.1) is 18.3 Å². The molecule has 1 heterocycles. The Bertz CT molecular complexity index is 353. The third-order valence-electron chi connectivity index (χ3n) is 1.40. The Balaban J connectivity index is 2.65. The van der Waals surface area contributed by atoms with Gasteiger partial charge in [0.15, 0.2) is 0 Å². The molecule has 5 heteroatoms. The molecule has 1 atom stereocenters. The van der Waals surface area contributed by atoms with Gasteiger partial charge in [-0.2, -0.15) is 9.64 Å². The molecule has 1 rings (SSSR count). The van der Waals surface area contributed by atoms with Crippen molar-refractivity contribution in [2.24, 2.45) is 0 Å². The monoisotopic (exact) mass is 195 g/mol. The molecule has 4 nitrogen and oxygen atoms in total. The summed E-state index contributed by atoms with van der Waals surface area (Å²) in [7, 11) is 0. The topological polar surface area (TPSA) is 65.8 Å². The first-order valence-corrected chi connectivity index (χ1v) is 4.54. The quantitative estimate of drug-likeness (QED) is 0.768. The molecule has 0 spiro atoms. The molecule has 1 aromatic rings. The number of hydrogen-bond acceptors (Lipinski definition) is 4. The number of aryl methyl sites for hydroxylation is 1. The highest BCUT2D eigenvalue weighted by atomic mass is 32.1. The van der Waals surface area contributed by atoms with Crippen molar-refractivity contribution in [1.82, 2.24) is 9.69 Å². The molecule has 1 aromatic heterocycles. The third kappa shape index (κ3) is 2.53. The number of carbonyl (C=O) groups is 1. The smallest absolute Gasteiger partial charge is 0.272 e. The lowest BCUT2D eigenvalue weighted by Crippen LogP contribution is -2.31. The molecule has 0 bridgehead atoms. The first-order chi connectivity index (χ1) is 6.13. The van der Waals surface area contributed by atoms with Crippen LogP contribution < -0.4 is 5.32 Å². The van der Waals surface area contributed by atoms with E-state index in [1.165, 1.54) is 11.5 Å². The van der Waals surface area contributed by atoms with E-state index in [-0.39, 0.29) is 5.91 Å². The summed E-state index contributed by atoms with van der Waals surface area (Å²) in [5.41, 5.74) is 0.379. The second kappa shape index (κ2) is 4.01. The van der Waals surface area contributed by atoms with Gasteiger partial charge in [-0.05, 0) is 31.4 Å². The van der Waals surface area contributed by atoms with E-state index in [1.807, 2.05) is 13.0 Å². The SMILES string of the molecule is Cc1cc(C(=O)N[C@H](C)C#N)ns1. The fraction of sp³-hybridized carbons (Fsp3) is 0.375. The minimum atomic E-state index is -0.477. The maximum absolute atomic E-state index is 11.3. The van der Waals surface area contributed by atoms with Gasteiger partial charge in [0.25, 0.3) is 5.91 Å². The average Bonchev–Trinajstić information content (AvgIpc) is 2.51. The van der Waals surface area contributed by atoms with Crippen LogP contribution in [0.3, 0.4) is 0 Å². The molecule has 0 saturated heterocycles. The second-order valence-corrected chi connectivity index (χ2v) is 3.66. The Hall–Kier alpha value is -1.41. The van der Waals surface area contributed by atoms with Crippen molar-refractivity contribution < 1.29 is 4.79 Å². The van der Waals surface area contributed by atoms with Crippen LogP contribution in [0.5, 0.6) is 0 Å². The predicted molar refractivity (Wildman–Crippen MR) is 49.4 cm³/mol. The molecule has 1 N–H and O–H groups in total. The third-order valence-corrected chi connectivity index (χ3v) is 2.10. The summed E-state index contributed by atoms with van der Waals surface area (Å²) in [6.45, 7) is 3.50. The van der Waals surface area contributed by atoms with Gasteiger partial charge in [0.2, 0.25) is 0 Å². The Morgan fingerprint density at radius 3 is 3.00 bits per heavy atom. The summed E-state index contributed by atoms with van der Waals surface area (Å²) in [4.78, 5) is 12.3. The number of hydrogen-bond donors (Lipinski definition) is 1. The summed E-state index contributed by atoms with van der Waals surface area (Å²) < 4.78 is 3.92. The highest BCUT2D eigenvalue weighted by Gasteiger charge is 2.11. The first-order valence-electron chi connectivity index (χ1n) is 3.77. The summed E-state index contributed by atoms with van der Waals surface area (Å²) in [5, 5.41) is 11.0. The fourth-order valence-electron chi connectivity index (χ4n) is 0.776. The molecule has 13 heavy (non-hydrogen) atoms. The molecular formula is C8H9N3OS. The van der Waals surface area contributed by atoms with E-state index >= 15 is 0 Å². The van der Waals surface area contributed by atoms with Gasteiger partial charge in [-0.1, -0.05) is 0 Å². The van der Waals surface area contributed by atoms with Crippen molar-refractivity contribution >= 4 is 17.4 Å². The second-order valence-electron chi connectivity index (χ2n) is 2.65. The summed E-state index contributed by atoms with van der Waals surface area (Å²) in [6, 6.07) is 3.14. The number of nitriles is 1. The van der Waals surface area contributed by atoms with Crippen molar-refractivity contribution in [3.05, 3.63) is 16.6 Å². The summed E-state index contributed by atoms with van der Waals surface area (Å²) in [5.74, 6) is -0.293. The Kier molecular flexibility index (Phi) is 2.98. The lowest BCUT2D eigenvalue weighted by atomic mass is 10.3. The number of nitrogens with one attached hydrogen (secondary N) is 1. The van der Waals surface area contributed by atoms with Gasteiger partial charge in [-0.15, -0.1) is 0 Å². The van der Waals surface area contributed by atoms with Crippen LogP contribution in [-0.4, -0.2) is 16.3 Å². The van der Waals surface area contributed by atoms with Gasteiger partial charge in [0.1, 0.15) is 11.7 Å². The number of amides is 1. The van der Waals surface area contributed by atoms with Crippen molar-refractivity contribution in [2.45, 2.75) is 19.9 Å². The summed E-state index contributed by atoms with van der Waals surface area (Å²) >= 11 is 1.27. The zero-order chi connectivity index (χ0) is 9.84. The molecule has 0 aliphatic rings. The molecule has 0 fully saturated rings. The molecule has 0 aliphatic carbocycles. The van der Waals surface area contributed by atoms with Crippen molar-refractivity contribution in [3.8, 4) is 6.07 Å². The van der Waals surface area contributed by atoms with E-state index in [0.717, 1.165) is 4.88 Å². The largest absolute Gasteiger partial charge is 0.335 e. The zero-order valence-corrected chi connectivity index (χ0v) is 8.18. The Morgan fingerprint density at radius 2 is 2.54 bits per heavy atom. The highest BCUT2D eigenvalue weighted by Crippen LogP contribution is 2.07.